The van der Waals surface area contributed by atoms with Gasteiger partial charge in [0.15, 0.2) is 0 Å². The van der Waals surface area contributed by atoms with Gasteiger partial charge in [0.25, 0.3) is 0 Å². The van der Waals surface area contributed by atoms with Crippen molar-refractivity contribution < 1.29 is 45.7 Å². The van der Waals surface area contributed by atoms with Gasteiger partial charge in [0.05, 0.1) is 5.56 Å². The zero-order valence-corrected chi connectivity index (χ0v) is 9.91. The molecule has 1 rings (SSSR count). The molecule has 13 heavy (non-hydrogen) atoms. The normalized spacial score (nSPS) is 8.69. The molecule has 0 atom stereocenters. The Kier molecular flexibility index (Phi) is 5.32. The van der Waals surface area contributed by atoms with E-state index in [2.05, 4.69) is 12.6 Å². The van der Waals surface area contributed by atoms with Crippen LogP contribution in [0.5, 0.6) is 0 Å². The molecule has 0 fully saturated rings. The van der Waals surface area contributed by atoms with Crippen LogP contribution in [-0.2, 0) is 0 Å². The van der Waals surface area contributed by atoms with Gasteiger partial charge in [-0.3, -0.25) is 4.79 Å². The van der Waals surface area contributed by atoms with E-state index in [9.17, 15) is 9.59 Å². The summed E-state index contributed by atoms with van der Waals surface area (Å²) in [5, 5.41) is 8.12. The zero-order valence-electron chi connectivity index (χ0n) is 8.02. The van der Waals surface area contributed by atoms with Gasteiger partial charge in [-0.2, -0.15) is 0 Å². The first-order valence-corrected chi connectivity index (χ1v) is 3.62. The van der Waals surface area contributed by atoms with Gasteiger partial charge in [0, 0.05) is 5.56 Å². The molecule has 0 saturated heterocycles. The third-order valence-corrected chi connectivity index (χ3v) is 1.61. The summed E-state index contributed by atoms with van der Waals surface area (Å²) >= 11 is 3.57. The number of aromatic carboxylic acids is 1. The Morgan fingerprint density at radius 2 is 1.85 bits per heavy atom. The Hall–Kier alpha value is -0.290. The van der Waals surface area contributed by atoms with Crippen LogP contribution in [0.3, 0.4) is 0 Å². The fourth-order valence-electron chi connectivity index (χ4n) is 0.785. The van der Waals surface area contributed by atoms with Crippen LogP contribution in [0.15, 0.2) is 24.3 Å². The quantitative estimate of drug-likeness (QED) is 0.461. The number of carbonyl (C=O) groups is 2. The molecule has 0 aromatic heterocycles. The van der Waals surface area contributed by atoms with Crippen LogP contribution in [0.4, 0.5) is 0 Å². The molecular weight excluding hydrogens is 199 g/mol. The van der Waals surface area contributed by atoms with Crippen molar-refractivity contribution in [1.82, 2.24) is 0 Å². The van der Waals surface area contributed by atoms with Crippen LogP contribution >= 0.6 is 12.6 Å². The number of hydrogen-bond donors (Lipinski definition) is 2. The van der Waals surface area contributed by atoms with Gasteiger partial charge in [-0.05, 0) is 12.1 Å². The molecule has 5 heteroatoms. The van der Waals surface area contributed by atoms with Gasteiger partial charge in [-0.15, -0.1) is 12.6 Å². The molecule has 1 aromatic rings. The third kappa shape index (κ3) is 3.52. The molecule has 0 aliphatic rings. The van der Waals surface area contributed by atoms with E-state index in [0.29, 0.717) is 5.56 Å². The summed E-state index contributed by atoms with van der Waals surface area (Å²) in [7, 11) is 0. The summed E-state index contributed by atoms with van der Waals surface area (Å²) in [6.07, 6.45) is 0. The Morgan fingerprint density at radius 3 is 2.31 bits per heavy atom. The molecule has 0 heterocycles. The van der Waals surface area contributed by atoms with Crippen LogP contribution in [0.1, 0.15) is 22.1 Å². The third-order valence-electron chi connectivity index (χ3n) is 1.36. The number of carboxylic acids is 1. The number of carboxylic acid groups (broad SMARTS) is 1. The maximum atomic E-state index is 10.7. The summed E-state index contributed by atoms with van der Waals surface area (Å²) in [5.74, 6) is -1.05. The predicted octanol–water partition coefficient (Wildman–Crippen LogP) is -1.43. The SMILES string of the molecule is O=C(O)c1cccc(C(=O)S)c1.[H-].[Na+]. The van der Waals surface area contributed by atoms with Crippen molar-refractivity contribution in [3.05, 3.63) is 35.4 Å². The number of carbonyl (C=O) groups excluding carboxylic acids is 1. The van der Waals surface area contributed by atoms with Crippen molar-refractivity contribution in [3.8, 4) is 0 Å². The first-order valence-electron chi connectivity index (χ1n) is 3.18. The first-order chi connectivity index (χ1) is 5.61. The predicted molar refractivity (Wildman–Crippen MR) is 47.8 cm³/mol. The van der Waals surface area contributed by atoms with Crippen LogP contribution < -0.4 is 29.6 Å². The fraction of sp³-hybridized carbons (Fsp3) is 0. The van der Waals surface area contributed by atoms with Crippen LogP contribution in [-0.4, -0.2) is 16.2 Å². The smallest absolute Gasteiger partial charge is 1.00 e. The van der Waals surface area contributed by atoms with Crippen molar-refractivity contribution in [2.75, 3.05) is 0 Å². The van der Waals surface area contributed by atoms with Crippen molar-refractivity contribution in [2.45, 2.75) is 0 Å². The summed E-state index contributed by atoms with van der Waals surface area (Å²) in [6, 6.07) is 5.73. The zero-order chi connectivity index (χ0) is 9.14. The van der Waals surface area contributed by atoms with E-state index >= 15 is 0 Å². The van der Waals surface area contributed by atoms with E-state index in [0.717, 1.165) is 0 Å². The van der Waals surface area contributed by atoms with Gasteiger partial charge in [0.2, 0.25) is 5.12 Å². The minimum Gasteiger partial charge on any atom is -1.00 e. The van der Waals surface area contributed by atoms with E-state index in [1.165, 1.54) is 24.3 Å². The Bertz CT molecular complexity index is 314. The van der Waals surface area contributed by atoms with Gasteiger partial charge < -0.3 is 6.53 Å². The van der Waals surface area contributed by atoms with Crippen molar-refractivity contribution >= 4 is 23.7 Å². The van der Waals surface area contributed by atoms with Crippen LogP contribution in [0, 0.1) is 0 Å². The van der Waals surface area contributed by atoms with Crippen molar-refractivity contribution in [1.29, 1.82) is 0 Å². The van der Waals surface area contributed by atoms with Gasteiger partial charge in [-0.25, -0.2) is 4.79 Å². The minimum atomic E-state index is -1.05. The number of thiol groups is 1. The second-order valence-corrected chi connectivity index (χ2v) is 2.60. The average Bonchev–Trinajstić information content (AvgIpc) is 2.04. The Morgan fingerprint density at radius 1 is 1.31 bits per heavy atom. The Labute approximate surface area is 104 Å². The fourth-order valence-corrected chi connectivity index (χ4v) is 0.924. The maximum absolute atomic E-state index is 10.7. The molecule has 0 bridgehead atoms. The summed E-state index contributed by atoms with van der Waals surface area (Å²) in [6.45, 7) is 0. The standard InChI is InChI=1S/C8H6O3S.Na.H/c9-7(10)5-2-1-3-6(4-5)8(11)12;;/h1-4H,(H,9,10)(H,11,12);;/q;+1;-1. The molecule has 1 N–H and O–H groups in total. The summed E-state index contributed by atoms with van der Waals surface area (Å²) in [4.78, 5) is 21.1. The summed E-state index contributed by atoms with van der Waals surface area (Å²) < 4.78 is 0. The summed E-state index contributed by atoms with van der Waals surface area (Å²) in [5.41, 5.74) is 0.383. The number of benzene rings is 1. The Balaban J connectivity index is 0. The van der Waals surface area contributed by atoms with E-state index in [1.807, 2.05) is 0 Å². The average molecular weight is 206 g/mol. The van der Waals surface area contributed by atoms with E-state index in [-0.39, 0.29) is 36.5 Å². The minimum absolute atomic E-state index is 0. The van der Waals surface area contributed by atoms with E-state index < -0.39 is 11.1 Å². The molecule has 64 valence electrons. The molecule has 0 unspecified atom stereocenters. The monoisotopic (exact) mass is 206 g/mol. The molecule has 0 spiro atoms. The van der Waals surface area contributed by atoms with Crippen LogP contribution in [0.25, 0.3) is 0 Å². The van der Waals surface area contributed by atoms with E-state index in [1.54, 1.807) is 0 Å². The van der Waals surface area contributed by atoms with Crippen molar-refractivity contribution in [3.63, 3.8) is 0 Å². The maximum Gasteiger partial charge on any atom is 1.00 e. The number of rotatable bonds is 2. The molecular formula is C8H7NaO3S. The van der Waals surface area contributed by atoms with E-state index in [4.69, 9.17) is 5.11 Å². The van der Waals surface area contributed by atoms with Gasteiger partial charge >= 0.3 is 35.5 Å². The first kappa shape index (κ1) is 12.7. The topological polar surface area (TPSA) is 54.4 Å². The molecule has 0 aliphatic heterocycles. The largest absolute Gasteiger partial charge is 1.00 e. The second-order valence-electron chi connectivity index (χ2n) is 2.19. The van der Waals surface area contributed by atoms with Crippen molar-refractivity contribution in [2.24, 2.45) is 0 Å². The molecule has 1 aromatic carbocycles. The molecule has 0 radical (unpaired) electrons. The number of hydrogen-bond acceptors (Lipinski definition) is 2. The molecule has 0 aliphatic carbocycles. The molecule has 3 nitrogen and oxygen atoms in total. The van der Waals surface area contributed by atoms with Crippen LogP contribution in [0.2, 0.25) is 0 Å². The molecule has 0 saturated carbocycles. The van der Waals surface area contributed by atoms with Gasteiger partial charge in [0.1, 0.15) is 0 Å². The van der Waals surface area contributed by atoms with Gasteiger partial charge in [-0.1, -0.05) is 12.1 Å². The molecule has 0 amide bonds. The second kappa shape index (κ2) is 5.44.